The molecule has 0 bridgehead atoms. The molecule has 1 aliphatic heterocycles. The van der Waals surface area contributed by atoms with Gasteiger partial charge in [-0.05, 0) is 37.6 Å². The molecule has 0 saturated carbocycles. The monoisotopic (exact) mass is 411 g/mol. The van der Waals surface area contributed by atoms with Gasteiger partial charge in [0.1, 0.15) is 5.75 Å². The third-order valence-electron chi connectivity index (χ3n) is 4.18. The first-order valence-corrected chi connectivity index (χ1v) is 10.7. The first-order chi connectivity index (χ1) is 12.8. The number of benzene rings is 1. The van der Waals surface area contributed by atoms with E-state index in [1.165, 1.54) is 15.6 Å². The van der Waals surface area contributed by atoms with Crippen LogP contribution >= 0.6 is 11.3 Å². The Morgan fingerprint density at radius 1 is 1.41 bits per heavy atom. The highest BCUT2D eigenvalue weighted by atomic mass is 32.2. The van der Waals surface area contributed by atoms with E-state index >= 15 is 0 Å². The molecule has 1 aliphatic rings. The van der Waals surface area contributed by atoms with Crippen molar-refractivity contribution in [1.29, 1.82) is 0 Å². The molecule has 1 amide bonds. The van der Waals surface area contributed by atoms with Gasteiger partial charge in [0.05, 0.1) is 30.9 Å². The number of anilines is 1. The molecule has 1 N–H and O–H groups in total. The average Bonchev–Trinajstić information content (AvgIpc) is 3.02. The summed E-state index contributed by atoms with van der Waals surface area (Å²) >= 11 is 1.26. The van der Waals surface area contributed by atoms with Crippen molar-refractivity contribution >= 4 is 32.6 Å². The summed E-state index contributed by atoms with van der Waals surface area (Å²) in [6, 6.07) is 4.83. The minimum atomic E-state index is -3.63. The van der Waals surface area contributed by atoms with Crippen molar-refractivity contribution in [2.45, 2.75) is 31.7 Å². The number of hydrogen-bond donors (Lipinski definition) is 1. The Morgan fingerprint density at radius 3 is 2.85 bits per heavy atom. The van der Waals surface area contributed by atoms with Gasteiger partial charge in [0.2, 0.25) is 10.0 Å². The number of sulfonamides is 1. The normalized spacial score (nSPS) is 14.5. The summed E-state index contributed by atoms with van der Waals surface area (Å²) in [5.41, 5.74) is 1.57. The van der Waals surface area contributed by atoms with Gasteiger partial charge < -0.3 is 9.47 Å². The van der Waals surface area contributed by atoms with Crippen molar-refractivity contribution in [2.24, 2.45) is 0 Å². The summed E-state index contributed by atoms with van der Waals surface area (Å²) < 4.78 is 37.5. The fraction of sp³-hybridized carbons (Fsp3) is 0.412. The molecule has 0 spiro atoms. The molecule has 2 heterocycles. The predicted octanol–water partition coefficient (Wildman–Crippen LogP) is 2.78. The molecule has 0 aliphatic carbocycles. The second kappa shape index (κ2) is 7.83. The van der Waals surface area contributed by atoms with Crippen molar-refractivity contribution in [3.63, 3.8) is 0 Å². The Hall–Kier alpha value is -2.17. The topological polar surface area (TPSA) is 97.8 Å². The van der Waals surface area contributed by atoms with Gasteiger partial charge in [-0.2, -0.15) is 4.31 Å². The number of rotatable bonds is 5. The minimum Gasteiger partial charge on any atom is -0.496 e. The number of ether oxygens (including phenoxy) is 2. The lowest BCUT2D eigenvalue weighted by molar-refractivity contribution is 0.168. The van der Waals surface area contributed by atoms with Crippen LogP contribution in [-0.2, 0) is 27.7 Å². The summed E-state index contributed by atoms with van der Waals surface area (Å²) in [5, 5.41) is 2.98. The lowest BCUT2D eigenvalue weighted by atomic mass is 10.2. The SMILES string of the molecule is CCOC(=O)Nc1nc2c(s1)CN(S(=O)(=O)c1ccc(OC)c(C)c1)CC2. The molecule has 27 heavy (non-hydrogen) atoms. The number of aryl methyl sites for hydroxylation is 1. The highest BCUT2D eigenvalue weighted by Crippen LogP contribution is 2.32. The van der Waals surface area contributed by atoms with Crippen LogP contribution in [0.4, 0.5) is 9.93 Å². The van der Waals surface area contributed by atoms with Gasteiger partial charge in [0.25, 0.3) is 0 Å². The van der Waals surface area contributed by atoms with E-state index in [0.29, 0.717) is 23.8 Å². The van der Waals surface area contributed by atoms with E-state index in [0.717, 1.165) is 16.1 Å². The van der Waals surface area contributed by atoms with Crippen LogP contribution < -0.4 is 10.1 Å². The highest BCUT2D eigenvalue weighted by Gasteiger charge is 2.31. The zero-order valence-corrected chi connectivity index (χ0v) is 16.9. The first kappa shape index (κ1) is 19.6. The number of aromatic nitrogens is 1. The Bertz CT molecular complexity index is 955. The molecule has 1 aromatic heterocycles. The fourth-order valence-electron chi connectivity index (χ4n) is 2.85. The van der Waals surface area contributed by atoms with Crippen LogP contribution in [0.5, 0.6) is 5.75 Å². The van der Waals surface area contributed by atoms with E-state index in [1.807, 2.05) is 6.92 Å². The molecule has 10 heteroatoms. The lowest BCUT2D eigenvalue weighted by Crippen LogP contribution is -2.35. The summed E-state index contributed by atoms with van der Waals surface area (Å²) in [6.45, 7) is 4.36. The standard InChI is InChI=1S/C17H21N3O5S2/c1-4-25-17(21)19-16-18-13-7-8-20(10-15(13)26-16)27(22,23)12-5-6-14(24-3)11(2)9-12/h5-6,9H,4,7-8,10H2,1-3H3,(H,18,19,21). The average molecular weight is 412 g/mol. The van der Waals surface area contributed by atoms with E-state index < -0.39 is 16.1 Å². The molecule has 0 atom stereocenters. The van der Waals surface area contributed by atoms with Crippen molar-refractivity contribution in [3.05, 3.63) is 34.3 Å². The number of methoxy groups -OCH3 is 1. The predicted molar refractivity (Wildman–Crippen MR) is 102 cm³/mol. The molecule has 3 rings (SSSR count). The second-order valence-corrected chi connectivity index (χ2v) is 8.98. The van der Waals surface area contributed by atoms with Crippen LogP contribution in [0.15, 0.2) is 23.1 Å². The summed E-state index contributed by atoms with van der Waals surface area (Å²) in [4.78, 5) is 17.0. The van der Waals surface area contributed by atoms with Crippen LogP contribution in [0.1, 0.15) is 23.1 Å². The number of carbonyl (C=O) groups is 1. The van der Waals surface area contributed by atoms with E-state index in [-0.39, 0.29) is 18.0 Å². The van der Waals surface area contributed by atoms with Gasteiger partial charge in [-0.25, -0.2) is 18.2 Å². The Labute approximate surface area is 162 Å². The molecular weight excluding hydrogens is 390 g/mol. The van der Waals surface area contributed by atoms with E-state index in [1.54, 1.807) is 32.2 Å². The number of amides is 1. The smallest absolute Gasteiger partial charge is 0.413 e. The molecule has 2 aromatic rings. The third-order valence-corrected chi connectivity index (χ3v) is 7.02. The molecule has 0 fully saturated rings. The number of fused-ring (bicyclic) bond motifs is 1. The fourth-order valence-corrected chi connectivity index (χ4v) is 5.43. The van der Waals surface area contributed by atoms with Crippen LogP contribution in [0.2, 0.25) is 0 Å². The summed E-state index contributed by atoms with van der Waals surface area (Å²) in [7, 11) is -2.08. The minimum absolute atomic E-state index is 0.227. The summed E-state index contributed by atoms with van der Waals surface area (Å²) in [6.07, 6.45) is -0.0770. The maximum absolute atomic E-state index is 13.0. The molecular formula is C17H21N3O5S2. The zero-order valence-electron chi connectivity index (χ0n) is 15.3. The lowest BCUT2D eigenvalue weighted by Gasteiger charge is -2.25. The largest absolute Gasteiger partial charge is 0.496 e. The van der Waals surface area contributed by atoms with Crippen molar-refractivity contribution in [1.82, 2.24) is 9.29 Å². The number of thiazole rings is 1. The van der Waals surface area contributed by atoms with Gasteiger partial charge in [0.15, 0.2) is 5.13 Å². The van der Waals surface area contributed by atoms with Gasteiger partial charge in [0, 0.05) is 17.8 Å². The van der Waals surface area contributed by atoms with Gasteiger partial charge in [-0.1, -0.05) is 11.3 Å². The number of hydrogen-bond acceptors (Lipinski definition) is 7. The molecule has 0 unspecified atom stereocenters. The Kier molecular flexibility index (Phi) is 5.68. The van der Waals surface area contributed by atoms with Crippen molar-refractivity contribution in [3.8, 4) is 5.75 Å². The first-order valence-electron chi connectivity index (χ1n) is 8.42. The maximum Gasteiger partial charge on any atom is 0.413 e. The van der Waals surface area contributed by atoms with Gasteiger partial charge in [-0.15, -0.1) is 0 Å². The second-order valence-electron chi connectivity index (χ2n) is 5.95. The van der Waals surface area contributed by atoms with Crippen LogP contribution in [0.25, 0.3) is 0 Å². The Morgan fingerprint density at radius 2 is 2.19 bits per heavy atom. The van der Waals surface area contributed by atoms with Gasteiger partial charge >= 0.3 is 6.09 Å². The molecule has 0 saturated heterocycles. The number of nitrogens with one attached hydrogen (secondary N) is 1. The van der Waals surface area contributed by atoms with Crippen LogP contribution in [0.3, 0.4) is 0 Å². The molecule has 8 nitrogen and oxygen atoms in total. The van der Waals surface area contributed by atoms with Crippen LogP contribution in [0, 0.1) is 6.92 Å². The van der Waals surface area contributed by atoms with Crippen LogP contribution in [-0.4, -0.2) is 44.1 Å². The van der Waals surface area contributed by atoms with Gasteiger partial charge in [-0.3, -0.25) is 5.32 Å². The molecule has 1 aromatic carbocycles. The van der Waals surface area contributed by atoms with Crippen molar-refractivity contribution < 1.29 is 22.7 Å². The molecule has 0 radical (unpaired) electrons. The van der Waals surface area contributed by atoms with E-state index in [2.05, 4.69) is 10.3 Å². The number of nitrogens with zero attached hydrogens (tertiary/aromatic N) is 2. The maximum atomic E-state index is 13.0. The number of carbonyl (C=O) groups excluding carboxylic acids is 1. The molecule has 146 valence electrons. The third kappa shape index (κ3) is 4.07. The van der Waals surface area contributed by atoms with Crippen molar-refractivity contribution in [2.75, 3.05) is 25.6 Å². The zero-order chi connectivity index (χ0) is 19.6. The quantitative estimate of drug-likeness (QED) is 0.812. The van der Waals surface area contributed by atoms with E-state index in [4.69, 9.17) is 9.47 Å². The summed E-state index contributed by atoms with van der Waals surface area (Å²) in [5.74, 6) is 0.645. The Balaban J connectivity index is 1.79. The van der Waals surface area contributed by atoms with E-state index in [9.17, 15) is 13.2 Å². The highest BCUT2D eigenvalue weighted by molar-refractivity contribution is 7.89.